The molecule has 0 rings (SSSR count). The summed E-state index contributed by atoms with van der Waals surface area (Å²) in [5.41, 5.74) is 3.02. The van der Waals surface area contributed by atoms with Crippen molar-refractivity contribution < 1.29 is 9.90 Å². The number of aliphatic carboxylic acids is 1. The summed E-state index contributed by atoms with van der Waals surface area (Å²) in [6.45, 7) is 0. The Labute approximate surface area is 52.9 Å². The van der Waals surface area contributed by atoms with Crippen molar-refractivity contribution in [2.75, 3.05) is 0 Å². The van der Waals surface area contributed by atoms with Crippen molar-refractivity contribution >= 4 is 5.97 Å². The zero-order chi connectivity index (χ0) is 7.49. The summed E-state index contributed by atoms with van der Waals surface area (Å²) in [5, 5.41) is 8.22. The normalized spacial score (nSPS) is 9.22. The van der Waals surface area contributed by atoms with Gasteiger partial charge in [-0.15, -0.1) is 12.8 Å². The second-order valence-electron chi connectivity index (χ2n) is 1.40. The Kier molecular flexibility index (Phi) is 1.86. The maximum absolute atomic E-state index is 10.1. The molecule has 0 aromatic carbocycles. The smallest absolute Gasteiger partial charge is 0.349 e. The van der Waals surface area contributed by atoms with E-state index in [4.69, 9.17) is 23.7 Å². The Hall–Kier alpha value is -1.45. The van der Waals surface area contributed by atoms with Gasteiger partial charge in [0.15, 0.2) is 0 Å². The van der Waals surface area contributed by atoms with E-state index in [1.807, 2.05) is 0 Å². The highest BCUT2D eigenvalue weighted by Gasteiger charge is 2.28. The lowest BCUT2D eigenvalue weighted by molar-refractivity contribution is -0.139. The van der Waals surface area contributed by atoms with Crippen LogP contribution < -0.4 is 5.73 Å². The van der Waals surface area contributed by atoms with E-state index in [-0.39, 0.29) is 0 Å². The van der Waals surface area contributed by atoms with Gasteiger partial charge in [0.1, 0.15) is 0 Å². The molecule has 0 radical (unpaired) electrons. The first kappa shape index (κ1) is 7.55. The van der Waals surface area contributed by atoms with Crippen molar-refractivity contribution in [3.05, 3.63) is 0 Å². The fourth-order valence-corrected chi connectivity index (χ4v) is 0.165. The van der Waals surface area contributed by atoms with Gasteiger partial charge >= 0.3 is 5.97 Å². The van der Waals surface area contributed by atoms with Gasteiger partial charge in [-0.05, 0) is 0 Å². The van der Waals surface area contributed by atoms with Gasteiger partial charge in [0.2, 0.25) is 5.54 Å². The van der Waals surface area contributed by atoms with Crippen LogP contribution in [-0.4, -0.2) is 16.6 Å². The van der Waals surface area contributed by atoms with Gasteiger partial charge in [0.05, 0.1) is 0 Å². The van der Waals surface area contributed by atoms with Crippen molar-refractivity contribution in [1.82, 2.24) is 0 Å². The van der Waals surface area contributed by atoms with Crippen LogP contribution in [0.25, 0.3) is 0 Å². The SMILES string of the molecule is C#CC(N)(C#C)C(=O)O. The molecule has 9 heavy (non-hydrogen) atoms. The highest BCUT2D eigenvalue weighted by atomic mass is 16.4. The average molecular weight is 123 g/mol. The molecule has 0 atom stereocenters. The molecule has 3 nitrogen and oxygen atoms in total. The second kappa shape index (κ2) is 2.21. The molecule has 0 aliphatic carbocycles. The summed E-state index contributed by atoms with van der Waals surface area (Å²) < 4.78 is 0. The minimum atomic E-state index is -1.94. The molecule has 0 bridgehead atoms. The van der Waals surface area contributed by atoms with Crippen molar-refractivity contribution in [3.63, 3.8) is 0 Å². The van der Waals surface area contributed by atoms with E-state index in [0.29, 0.717) is 0 Å². The maximum atomic E-state index is 10.1. The lowest BCUT2D eigenvalue weighted by atomic mass is 10.1. The predicted molar refractivity (Wildman–Crippen MR) is 32.2 cm³/mol. The molecule has 0 aliphatic heterocycles. The van der Waals surface area contributed by atoms with Gasteiger partial charge in [-0.3, -0.25) is 5.73 Å². The average Bonchev–Trinajstić information content (AvgIpc) is 1.86. The summed E-state index contributed by atoms with van der Waals surface area (Å²) in [6, 6.07) is 0. The number of hydrogen-bond donors (Lipinski definition) is 2. The van der Waals surface area contributed by atoms with Crippen molar-refractivity contribution in [1.29, 1.82) is 0 Å². The minimum Gasteiger partial charge on any atom is -0.478 e. The van der Waals surface area contributed by atoms with Crippen LogP contribution in [0.5, 0.6) is 0 Å². The van der Waals surface area contributed by atoms with E-state index in [2.05, 4.69) is 0 Å². The third kappa shape index (κ3) is 1.22. The van der Waals surface area contributed by atoms with E-state index in [1.54, 1.807) is 11.8 Å². The molecule has 3 N–H and O–H groups in total. The molecule has 0 aromatic rings. The quantitative estimate of drug-likeness (QED) is 0.441. The molecule has 0 aromatic heterocycles. The third-order valence-electron chi connectivity index (χ3n) is 0.793. The van der Waals surface area contributed by atoms with E-state index in [9.17, 15) is 4.79 Å². The fourth-order valence-electron chi connectivity index (χ4n) is 0.165. The minimum absolute atomic E-state index is 1.38. The van der Waals surface area contributed by atoms with Gasteiger partial charge < -0.3 is 5.11 Å². The summed E-state index contributed by atoms with van der Waals surface area (Å²) in [4.78, 5) is 10.1. The van der Waals surface area contributed by atoms with Gasteiger partial charge in [-0.2, -0.15) is 0 Å². The van der Waals surface area contributed by atoms with Gasteiger partial charge in [0.25, 0.3) is 0 Å². The number of carboxylic acid groups (broad SMARTS) is 1. The Balaban J connectivity index is 4.60. The largest absolute Gasteiger partial charge is 0.478 e. The van der Waals surface area contributed by atoms with Gasteiger partial charge in [-0.1, -0.05) is 11.8 Å². The van der Waals surface area contributed by atoms with Crippen molar-refractivity contribution in [3.8, 4) is 24.7 Å². The van der Waals surface area contributed by atoms with E-state index in [1.165, 1.54) is 0 Å². The topological polar surface area (TPSA) is 63.3 Å². The summed E-state index contributed by atoms with van der Waals surface area (Å²) in [7, 11) is 0. The van der Waals surface area contributed by atoms with Crippen LogP contribution in [0.4, 0.5) is 0 Å². The molecule has 0 fully saturated rings. The maximum Gasteiger partial charge on any atom is 0.349 e. The first-order valence-electron chi connectivity index (χ1n) is 2.04. The number of carbonyl (C=O) groups is 1. The fraction of sp³-hybridized carbons (Fsp3) is 0.167. The molecular weight excluding hydrogens is 118 g/mol. The Morgan fingerprint density at radius 3 is 1.89 bits per heavy atom. The molecule has 0 saturated heterocycles. The number of carboxylic acids is 1. The van der Waals surface area contributed by atoms with Crippen LogP contribution in [0, 0.1) is 24.7 Å². The summed E-state index contributed by atoms with van der Waals surface area (Å²) in [5.74, 6) is 2.16. The molecule has 3 heteroatoms. The van der Waals surface area contributed by atoms with E-state index < -0.39 is 11.5 Å². The lowest BCUT2D eigenvalue weighted by Gasteiger charge is -2.07. The second-order valence-corrected chi connectivity index (χ2v) is 1.40. The standard InChI is InChI=1S/C6H5NO2/c1-3-6(7,4-2)5(8)9/h1-2H,7H2,(H,8,9). The molecule has 0 heterocycles. The Bertz CT molecular complexity index is 192. The van der Waals surface area contributed by atoms with Gasteiger partial charge in [-0.25, -0.2) is 4.79 Å². The zero-order valence-electron chi connectivity index (χ0n) is 4.59. The van der Waals surface area contributed by atoms with Gasteiger partial charge in [0, 0.05) is 0 Å². The van der Waals surface area contributed by atoms with Crippen LogP contribution in [0.15, 0.2) is 0 Å². The predicted octanol–water partition coefficient (Wildman–Crippen LogP) is -0.965. The number of nitrogens with two attached hydrogens (primary N) is 1. The van der Waals surface area contributed by atoms with Crippen LogP contribution in [0.2, 0.25) is 0 Å². The molecular formula is C6H5NO2. The molecule has 0 saturated carbocycles. The first-order valence-corrected chi connectivity index (χ1v) is 2.04. The van der Waals surface area contributed by atoms with Crippen LogP contribution in [0.3, 0.4) is 0 Å². The lowest BCUT2D eigenvalue weighted by Crippen LogP contribution is -2.44. The molecule has 0 spiro atoms. The van der Waals surface area contributed by atoms with Crippen molar-refractivity contribution in [2.45, 2.75) is 5.54 Å². The molecule has 46 valence electrons. The van der Waals surface area contributed by atoms with Crippen LogP contribution >= 0.6 is 0 Å². The summed E-state index contributed by atoms with van der Waals surface area (Å²) >= 11 is 0. The highest BCUT2D eigenvalue weighted by Crippen LogP contribution is 1.93. The van der Waals surface area contributed by atoms with Crippen LogP contribution in [0.1, 0.15) is 0 Å². The molecule has 0 amide bonds. The monoisotopic (exact) mass is 123 g/mol. The number of rotatable bonds is 1. The zero-order valence-corrected chi connectivity index (χ0v) is 4.59. The molecule has 0 unspecified atom stereocenters. The Morgan fingerprint density at radius 2 is 1.89 bits per heavy atom. The number of hydrogen-bond acceptors (Lipinski definition) is 2. The Morgan fingerprint density at radius 1 is 1.56 bits per heavy atom. The van der Waals surface area contributed by atoms with Crippen LogP contribution in [-0.2, 0) is 4.79 Å². The third-order valence-corrected chi connectivity index (χ3v) is 0.793. The summed E-state index contributed by atoms with van der Waals surface area (Å²) in [6.07, 6.45) is 9.44. The van der Waals surface area contributed by atoms with E-state index >= 15 is 0 Å². The van der Waals surface area contributed by atoms with E-state index in [0.717, 1.165) is 0 Å². The highest BCUT2D eigenvalue weighted by molar-refractivity contribution is 5.87. The number of terminal acetylenes is 2. The molecule has 0 aliphatic rings. The van der Waals surface area contributed by atoms with Crippen molar-refractivity contribution in [2.24, 2.45) is 5.73 Å². The first-order chi connectivity index (χ1) is 4.06.